The molecule has 2 amide bonds. The molecule has 4 rings (SSSR count). The molecule has 0 radical (unpaired) electrons. The van der Waals surface area contributed by atoms with E-state index in [2.05, 4.69) is 10.0 Å². The topological polar surface area (TPSA) is 95.6 Å². The molecule has 1 aliphatic carbocycles. The minimum absolute atomic E-state index is 0.0467. The highest BCUT2D eigenvalue weighted by atomic mass is 32.2. The van der Waals surface area contributed by atoms with Gasteiger partial charge in [-0.05, 0) is 61.4 Å². The number of rotatable bonds is 13. The summed E-state index contributed by atoms with van der Waals surface area (Å²) in [6.07, 6.45) is 3.13. The van der Waals surface area contributed by atoms with Crippen LogP contribution in [0.25, 0.3) is 0 Å². The molecule has 0 bridgehead atoms. The van der Waals surface area contributed by atoms with Crippen molar-refractivity contribution in [1.29, 1.82) is 0 Å². The van der Waals surface area contributed by atoms with Crippen LogP contribution in [0.4, 0.5) is 0 Å². The molecular formula is C30H35N3O4S. The van der Waals surface area contributed by atoms with E-state index in [0.29, 0.717) is 25.9 Å². The van der Waals surface area contributed by atoms with E-state index in [0.717, 1.165) is 29.5 Å². The Morgan fingerprint density at radius 1 is 0.842 bits per heavy atom. The van der Waals surface area contributed by atoms with Crippen LogP contribution in [0.1, 0.15) is 42.9 Å². The third kappa shape index (κ3) is 8.00. The summed E-state index contributed by atoms with van der Waals surface area (Å²) in [5, 5.41) is 2.97. The number of carbonyl (C=O) groups is 2. The minimum atomic E-state index is -3.51. The highest BCUT2D eigenvalue weighted by molar-refractivity contribution is 7.89. The molecule has 200 valence electrons. The van der Waals surface area contributed by atoms with Crippen molar-refractivity contribution in [1.82, 2.24) is 14.9 Å². The normalized spacial score (nSPS) is 14.0. The predicted octanol–water partition coefficient (Wildman–Crippen LogP) is 3.84. The van der Waals surface area contributed by atoms with Crippen molar-refractivity contribution in [2.24, 2.45) is 0 Å². The number of aryl methyl sites for hydroxylation is 1. The summed E-state index contributed by atoms with van der Waals surface area (Å²) < 4.78 is 27.5. The lowest BCUT2D eigenvalue weighted by Crippen LogP contribution is -2.48. The van der Waals surface area contributed by atoms with Crippen molar-refractivity contribution in [2.45, 2.75) is 62.6 Å². The Bertz CT molecular complexity index is 1310. The Kier molecular flexibility index (Phi) is 9.31. The second kappa shape index (κ2) is 12.8. The van der Waals surface area contributed by atoms with E-state index in [9.17, 15) is 18.0 Å². The van der Waals surface area contributed by atoms with Gasteiger partial charge in [-0.2, -0.15) is 0 Å². The van der Waals surface area contributed by atoms with E-state index in [-0.39, 0.29) is 29.2 Å². The van der Waals surface area contributed by atoms with E-state index in [4.69, 9.17) is 0 Å². The Labute approximate surface area is 225 Å². The van der Waals surface area contributed by atoms with E-state index in [1.807, 2.05) is 60.7 Å². The van der Waals surface area contributed by atoms with Crippen LogP contribution >= 0.6 is 0 Å². The highest BCUT2D eigenvalue weighted by Crippen LogP contribution is 2.22. The van der Waals surface area contributed by atoms with Crippen molar-refractivity contribution >= 4 is 21.8 Å². The quantitative estimate of drug-likeness (QED) is 0.349. The smallest absolute Gasteiger partial charge is 0.242 e. The lowest BCUT2D eigenvalue weighted by molar-refractivity contribution is -0.140. The summed E-state index contributed by atoms with van der Waals surface area (Å²) in [5.74, 6) is -0.324. The molecule has 38 heavy (non-hydrogen) atoms. The molecule has 1 fully saturated rings. The van der Waals surface area contributed by atoms with Gasteiger partial charge in [0.25, 0.3) is 0 Å². The molecule has 3 aromatic rings. The molecule has 8 heteroatoms. The Morgan fingerprint density at radius 3 is 2.03 bits per heavy atom. The van der Waals surface area contributed by atoms with Crippen LogP contribution in [0, 0.1) is 0 Å². The van der Waals surface area contributed by atoms with E-state index in [1.165, 1.54) is 0 Å². The summed E-state index contributed by atoms with van der Waals surface area (Å²) >= 11 is 0. The fraction of sp³-hybridized carbons (Fsp3) is 0.333. The Hall–Kier alpha value is -3.49. The average Bonchev–Trinajstić information content (AvgIpc) is 3.74. The molecule has 1 atom stereocenters. The molecule has 1 aliphatic rings. The van der Waals surface area contributed by atoms with Gasteiger partial charge in [0.15, 0.2) is 0 Å². The number of sulfonamides is 1. The van der Waals surface area contributed by atoms with Crippen LogP contribution < -0.4 is 10.0 Å². The SMILES string of the molecule is C[C@@H](C(=O)NCCc1ccccc1)N(Cc1ccccc1)C(=O)CCc1ccc(S(=O)(=O)NC2CC2)cc1. The molecule has 0 aliphatic heterocycles. The molecule has 0 spiro atoms. The van der Waals surface area contributed by atoms with Gasteiger partial charge in [0.1, 0.15) is 6.04 Å². The van der Waals surface area contributed by atoms with Gasteiger partial charge in [-0.25, -0.2) is 13.1 Å². The number of carbonyl (C=O) groups excluding carboxylic acids is 2. The summed E-state index contributed by atoms with van der Waals surface area (Å²) in [6.45, 7) is 2.58. The molecule has 0 saturated heterocycles. The van der Waals surface area contributed by atoms with Gasteiger partial charge in [0, 0.05) is 25.6 Å². The van der Waals surface area contributed by atoms with Gasteiger partial charge in [-0.15, -0.1) is 0 Å². The molecular weight excluding hydrogens is 498 g/mol. The standard InChI is InChI=1S/C30H35N3O4S/c1-23(30(35)31-21-20-24-8-4-2-5-9-24)33(22-26-10-6-3-7-11-26)29(34)19-14-25-12-17-28(18-13-25)38(36,37)32-27-15-16-27/h2-13,17-18,23,27,32H,14-16,19-22H2,1H3,(H,31,35)/t23-/m0/s1. The van der Waals surface area contributed by atoms with Gasteiger partial charge in [0.2, 0.25) is 21.8 Å². The summed E-state index contributed by atoms with van der Waals surface area (Å²) in [7, 11) is -3.51. The summed E-state index contributed by atoms with van der Waals surface area (Å²) in [5.41, 5.74) is 2.95. The number of benzene rings is 3. The lowest BCUT2D eigenvalue weighted by atomic mass is 10.1. The number of nitrogens with one attached hydrogen (secondary N) is 2. The third-order valence-electron chi connectivity index (χ3n) is 6.68. The first-order valence-corrected chi connectivity index (χ1v) is 14.6. The second-order valence-electron chi connectivity index (χ2n) is 9.75. The van der Waals surface area contributed by atoms with Crippen LogP contribution in [0.2, 0.25) is 0 Å². The Morgan fingerprint density at radius 2 is 1.42 bits per heavy atom. The van der Waals surface area contributed by atoms with Crippen LogP contribution in [0.5, 0.6) is 0 Å². The zero-order valence-corrected chi connectivity index (χ0v) is 22.5. The molecule has 3 aromatic carbocycles. The third-order valence-corrected chi connectivity index (χ3v) is 8.22. The number of hydrogen-bond donors (Lipinski definition) is 2. The minimum Gasteiger partial charge on any atom is -0.354 e. The number of nitrogens with zero attached hydrogens (tertiary/aromatic N) is 1. The van der Waals surface area contributed by atoms with Crippen molar-refractivity contribution < 1.29 is 18.0 Å². The maximum Gasteiger partial charge on any atom is 0.242 e. The van der Waals surface area contributed by atoms with Gasteiger partial charge in [-0.3, -0.25) is 9.59 Å². The van der Waals surface area contributed by atoms with Gasteiger partial charge < -0.3 is 10.2 Å². The van der Waals surface area contributed by atoms with Crippen molar-refractivity contribution in [3.05, 3.63) is 102 Å². The van der Waals surface area contributed by atoms with Crippen molar-refractivity contribution in [3.63, 3.8) is 0 Å². The zero-order valence-electron chi connectivity index (χ0n) is 21.7. The summed E-state index contributed by atoms with van der Waals surface area (Å²) in [6, 6.07) is 25.6. The molecule has 7 nitrogen and oxygen atoms in total. The number of amides is 2. The molecule has 0 unspecified atom stereocenters. The van der Waals surface area contributed by atoms with Crippen molar-refractivity contribution in [2.75, 3.05) is 6.54 Å². The zero-order chi connectivity index (χ0) is 27.0. The first kappa shape index (κ1) is 27.5. The fourth-order valence-corrected chi connectivity index (χ4v) is 5.51. The largest absolute Gasteiger partial charge is 0.354 e. The average molecular weight is 534 g/mol. The van der Waals surface area contributed by atoms with Crippen LogP contribution in [0.3, 0.4) is 0 Å². The van der Waals surface area contributed by atoms with Gasteiger partial charge in [0.05, 0.1) is 4.90 Å². The number of hydrogen-bond acceptors (Lipinski definition) is 4. The van der Waals surface area contributed by atoms with Gasteiger partial charge in [-0.1, -0.05) is 72.8 Å². The Balaban J connectivity index is 1.37. The molecule has 0 aromatic heterocycles. The van der Waals surface area contributed by atoms with Gasteiger partial charge >= 0.3 is 0 Å². The summed E-state index contributed by atoms with van der Waals surface area (Å²) in [4.78, 5) is 28.2. The van der Waals surface area contributed by atoms with Crippen LogP contribution in [0.15, 0.2) is 89.8 Å². The maximum atomic E-state index is 13.4. The maximum absolute atomic E-state index is 13.4. The predicted molar refractivity (Wildman–Crippen MR) is 148 cm³/mol. The monoisotopic (exact) mass is 533 g/mol. The molecule has 0 heterocycles. The first-order valence-electron chi connectivity index (χ1n) is 13.1. The highest BCUT2D eigenvalue weighted by Gasteiger charge is 2.28. The molecule has 2 N–H and O–H groups in total. The van der Waals surface area contributed by atoms with E-state index in [1.54, 1.807) is 36.1 Å². The lowest BCUT2D eigenvalue weighted by Gasteiger charge is -2.29. The molecule has 1 saturated carbocycles. The second-order valence-corrected chi connectivity index (χ2v) is 11.5. The van der Waals surface area contributed by atoms with E-state index < -0.39 is 16.1 Å². The first-order chi connectivity index (χ1) is 18.3. The van der Waals surface area contributed by atoms with E-state index >= 15 is 0 Å². The fourth-order valence-electron chi connectivity index (χ4n) is 4.20. The van der Waals surface area contributed by atoms with Crippen LogP contribution in [-0.2, 0) is 39.0 Å². The van der Waals surface area contributed by atoms with Crippen LogP contribution in [-0.4, -0.2) is 43.8 Å². The van der Waals surface area contributed by atoms with Crippen molar-refractivity contribution in [3.8, 4) is 0 Å².